The number of halogens is 1. The third-order valence-corrected chi connectivity index (χ3v) is 3.15. The zero-order chi connectivity index (χ0) is 10.8. The van der Waals surface area contributed by atoms with Crippen molar-refractivity contribution >= 4 is 28.0 Å². The fourth-order valence-corrected chi connectivity index (χ4v) is 2.28. The molecule has 1 aromatic rings. The molecule has 0 radical (unpaired) electrons. The van der Waals surface area contributed by atoms with Crippen LogP contribution < -0.4 is 4.90 Å². The molecule has 0 aromatic carbocycles. The quantitative estimate of drug-likeness (QED) is 0.773. The summed E-state index contributed by atoms with van der Waals surface area (Å²) in [5.41, 5.74) is 0.665. The number of hydrogen-bond acceptors (Lipinski definition) is 3. The Hall–Kier alpha value is -0.900. The Morgan fingerprint density at radius 3 is 3.07 bits per heavy atom. The first kappa shape index (κ1) is 10.6. The Kier molecular flexibility index (Phi) is 3.05. The highest BCUT2D eigenvalue weighted by Gasteiger charge is 2.21. The van der Waals surface area contributed by atoms with Crippen molar-refractivity contribution in [1.82, 2.24) is 4.98 Å². The van der Waals surface area contributed by atoms with Crippen molar-refractivity contribution in [3.8, 4) is 0 Å². The lowest BCUT2D eigenvalue weighted by atomic mass is 10.2. The van der Waals surface area contributed by atoms with Crippen LogP contribution in [0.4, 0.5) is 5.82 Å². The molecule has 1 atom stereocenters. The van der Waals surface area contributed by atoms with Gasteiger partial charge in [0.25, 0.3) is 0 Å². The van der Waals surface area contributed by atoms with Crippen LogP contribution in [0.5, 0.6) is 0 Å². The fourth-order valence-electron chi connectivity index (χ4n) is 1.93. The van der Waals surface area contributed by atoms with Gasteiger partial charge >= 0.3 is 0 Å². The molecular weight excluding hydrogens is 256 g/mol. The van der Waals surface area contributed by atoms with Crippen molar-refractivity contribution in [2.75, 3.05) is 18.0 Å². The first-order chi connectivity index (χ1) is 7.20. The van der Waals surface area contributed by atoms with Crippen LogP contribution in [0.15, 0.2) is 16.7 Å². The van der Waals surface area contributed by atoms with E-state index in [9.17, 15) is 4.79 Å². The number of rotatable bonds is 2. The van der Waals surface area contributed by atoms with E-state index >= 15 is 0 Å². The molecule has 2 heterocycles. The van der Waals surface area contributed by atoms with Crippen LogP contribution in [0.1, 0.15) is 23.7 Å². The molecule has 1 aliphatic heterocycles. The molecule has 0 N–H and O–H groups in total. The molecule has 0 aliphatic carbocycles. The Morgan fingerprint density at radius 1 is 1.67 bits per heavy atom. The molecule has 1 fully saturated rings. The number of aromatic nitrogens is 1. The summed E-state index contributed by atoms with van der Waals surface area (Å²) in [7, 11) is 0. The largest absolute Gasteiger partial charge is 0.356 e. The van der Waals surface area contributed by atoms with Gasteiger partial charge in [-0.25, -0.2) is 4.98 Å². The number of anilines is 1. The molecule has 1 aliphatic rings. The van der Waals surface area contributed by atoms with Gasteiger partial charge in [0.15, 0.2) is 6.29 Å². The van der Waals surface area contributed by atoms with Crippen LogP contribution in [0.3, 0.4) is 0 Å². The van der Waals surface area contributed by atoms with E-state index < -0.39 is 0 Å². The smallest absolute Gasteiger partial charge is 0.153 e. The molecule has 4 heteroatoms. The molecule has 0 amide bonds. The van der Waals surface area contributed by atoms with E-state index in [1.165, 1.54) is 6.42 Å². The van der Waals surface area contributed by atoms with Crippen LogP contribution in [0.2, 0.25) is 0 Å². The third-order valence-electron chi connectivity index (χ3n) is 2.71. The summed E-state index contributed by atoms with van der Waals surface area (Å²) in [6.07, 6.45) is 3.79. The third kappa shape index (κ3) is 2.20. The molecule has 15 heavy (non-hydrogen) atoms. The maximum Gasteiger partial charge on any atom is 0.153 e. The number of carbonyl (C=O) groups is 1. The molecular formula is C11H13BrN2O. The van der Waals surface area contributed by atoms with Gasteiger partial charge in [-0.05, 0) is 34.3 Å². The molecule has 1 unspecified atom stereocenters. The lowest BCUT2D eigenvalue weighted by molar-refractivity contribution is 0.112. The topological polar surface area (TPSA) is 33.2 Å². The second kappa shape index (κ2) is 4.31. The van der Waals surface area contributed by atoms with Gasteiger partial charge in [-0.3, -0.25) is 4.79 Å². The molecule has 0 saturated carbocycles. The summed E-state index contributed by atoms with van der Waals surface area (Å²) in [4.78, 5) is 17.4. The highest BCUT2D eigenvalue weighted by atomic mass is 79.9. The minimum atomic E-state index is 0.665. The second-order valence-electron chi connectivity index (χ2n) is 4.02. The first-order valence-corrected chi connectivity index (χ1v) is 5.85. The summed E-state index contributed by atoms with van der Waals surface area (Å²) in [5.74, 6) is 1.51. The highest BCUT2D eigenvalue weighted by molar-refractivity contribution is 9.10. The average molecular weight is 269 g/mol. The number of hydrogen-bond donors (Lipinski definition) is 0. The van der Waals surface area contributed by atoms with Crippen LogP contribution in [-0.2, 0) is 0 Å². The van der Waals surface area contributed by atoms with Crippen molar-refractivity contribution in [2.24, 2.45) is 5.92 Å². The highest BCUT2D eigenvalue weighted by Crippen LogP contribution is 2.25. The minimum Gasteiger partial charge on any atom is -0.356 e. The minimum absolute atomic E-state index is 0.665. The van der Waals surface area contributed by atoms with Crippen LogP contribution in [0, 0.1) is 5.92 Å². The number of nitrogens with zero attached hydrogens (tertiary/aromatic N) is 2. The predicted molar refractivity (Wildman–Crippen MR) is 63.3 cm³/mol. The number of carbonyl (C=O) groups excluding carboxylic acids is 1. The van der Waals surface area contributed by atoms with Crippen molar-refractivity contribution in [1.29, 1.82) is 0 Å². The van der Waals surface area contributed by atoms with Gasteiger partial charge < -0.3 is 4.90 Å². The van der Waals surface area contributed by atoms with Gasteiger partial charge in [0.05, 0.1) is 5.56 Å². The van der Waals surface area contributed by atoms with Crippen molar-refractivity contribution < 1.29 is 4.79 Å². The normalized spacial score (nSPS) is 20.7. The lowest BCUT2D eigenvalue weighted by Gasteiger charge is -2.18. The van der Waals surface area contributed by atoms with Crippen molar-refractivity contribution in [3.63, 3.8) is 0 Å². The van der Waals surface area contributed by atoms with E-state index in [1.807, 2.05) is 6.07 Å². The van der Waals surface area contributed by atoms with Gasteiger partial charge in [0.2, 0.25) is 0 Å². The van der Waals surface area contributed by atoms with E-state index in [0.29, 0.717) is 11.5 Å². The van der Waals surface area contributed by atoms with E-state index in [0.717, 1.165) is 29.7 Å². The molecule has 80 valence electrons. The summed E-state index contributed by atoms with van der Waals surface area (Å²) < 4.78 is 0.848. The fraction of sp³-hybridized carbons (Fsp3) is 0.455. The first-order valence-electron chi connectivity index (χ1n) is 5.06. The molecule has 3 nitrogen and oxygen atoms in total. The summed E-state index contributed by atoms with van der Waals surface area (Å²) >= 11 is 3.32. The summed E-state index contributed by atoms with van der Waals surface area (Å²) in [6, 6.07) is 1.82. The Morgan fingerprint density at radius 2 is 2.47 bits per heavy atom. The van der Waals surface area contributed by atoms with Crippen molar-refractivity contribution in [2.45, 2.75) is 13.3 Å². The summed E-state index contributed by atoms with van der Waals surface area (Å²) in [5, 5.41) is 0. The zero-order valence-corrected chi connectivity index (χ0v) is 10.2. The maximum absolute atomic E-state index is 10.9. The van der Waals surface area contributed by atoms with Crippen LogP contribution >= 0.6 is 15.9 Å². The van der Waals surface area contributed by atoms with Crippen LogP contribution in [-0.4, -0.2) is 24.4 Å². The Balaban J connectivity index is 2.31. The average Bonchev–Trinajstić information content (AvgIpc) is 2.64. The molecule has 1 aromatic heterocycles. The maximum atomic E-state index is 10.9. The van der Waals surface area contributed by atoms with Crippen LogP contribution in [0.25, 0.3) is 0 Å². The van der Waals surface area contributed by atoms with Gasteiger partial charge in [-0.1, -0.05) is 6.92 Å². The standard InChI is InChI=1S/C11H13BrN2O/c1-8-2-3-14(6-8)11-9(7-15)4-10(12)5-13-11/h4-5,7-8H,2-3,6H2,1H3. The zero-order valence-electron chi connectivity index (χ0n) is 8.61. The van der Waals surface area contributed by atoms with Crippen molar-refractivity contribution in [3.05, 3.63) is 22.3 Å². The van der Waals surface area contributed by atoms with Gasteiger partial charge in [0.1, 0.15) is 5.82 Å². The Bertz CT molecular complexity index is 381. The Labute approximate surface area is 97.6 Å². The van der Waals surface area contributed by atoms with E-state index in [4.69, 9.17) is 0 Å². The SMILES string of the molecule is CC1CCN(c2ncc(Br)cc2C=O)C1. The predicted octanol–water partition coefficient (Wildman–Crippen LogP) is 2.50. The van der Waals surface area contributed by atoms with Gasteiger partial charge in [-0.15, -0.1) is 0 Å². The lowest BCUT2D eigenvalue weighted by Crippen LogP contribution is -2.21. The monoisotopic (exact) mass is 268 g/mol. The molecule has 0 spiro atoms. The van der Waals surface area contributed by atoms with Gasteiger partial charge in [0, 0.05) is 23.8 Å². The summed E-state index contributed by atoms with van der Waals surface area (Å²) in [6.45, 7) is 4.21. The molecule has 0 bridgehead atoms. The van der Waals surface area contributed by atoms with E-state index in [-0.39, 0.29) is 0 Å². The number of pyridine rings is 1. The van der Waals surface area contributed by atoms with E-state index in [1.54, 1.807) is 6.20 Å². The van der Waals surface area contributed by atoms with E-state index in [2.05, 4.69) is 32.7 Å². The second-order valence-corrected chi connectivity index (χ2v) is 4.94. The van der Waals surface area contributed by atoms with Gasteiger partial charge in [-0.2, -0.15) is 0 Å². The number of aldehydes is 1. The molecule has 1 saturated heterocycles. The molecule has 2 rings (SSSR count).